The number of carbonyl (C=O) groups excluding carboxylic acids is 1. The zero-order chi connectivity index (χ0) is 24.6. The standard InChI is InChI=1S/C21H19F5N6O2/c1-10(33)31-5-6-32(20(9-31)3-4-20)19-27-8-12-16(29-30(2)18(12)28-19)11-7-13(21(24,25)26)15(23)17(34)14(11)22/h7-8,34H,3-6,9H2,1-2H3. The summed E-state index contributed by atoms with van der Waals surface area (Å²) in [5.74, 6) is -5.04. The van der Waals surface area contributed by atoms with Crippen molar-refractivity contribution in [3.63, 3.8) is 0 Å². The fraction of sp³-hybridized carbons (Fsp3) is 0.429. The van der Waals surface area contributed by atoms with E-state index in [4.69, 9.17) is 0 Å². The van der Waals surface area contributed by atoms with E-state index in [0.717, 1.165) is 12.8 Å². The average Bonchev–Trinajstić information content (AvgIpc) is 3.46. The summed E-state index contributed by atoms with van der Waals surface area (Å²) >= 11 is 0. The topological polar surface area (TPSA) is 87.4 Å². The van der Waals surface area contributed by atoms with Crippen LogP contribution in [0.4, 0.5) is 27.9 Å². The first kappa shape index (κ1) is 22.3. The third-order valence-corrected chi connectivity index (χ3v) is 6.47. The molecule has 1 aliphatic carbocycles. The number of hydrogen-bond donors (Lipinski definition) is 1. The number of amides is 1. The molecule has 0 unspecified atom stereocenters. The molecule has 1 aromatic carbocycles. The van der Waals surface area contributed by atoms with Crippen LogP contribution in [-0.2, 0) is 18.0 Å². The number of benzene rings is 1. The highest BCUT2D eigenvalue weighted by atomic mass is 19.4. The van der Waals surface area contributed by atoms with Crippen LogP contribution >= 0.6 is 0 Å². The van der Waals surface area contributed by atoms with Crippen LogP contribution in [0.3, 0.4) is 0 Å². The average molecular weight is 482 g/mol. The van der Waals surface area contributed by atoms with Gasteiger partial charge in [0.1, 0.15) is 5.69 Å². The van der Waals surface area contributed by atoms with Gasteiger partial charge in [0.2, 0.25) is 11.9 Å². The second kappa shape index (κ2) is 7.24. The second-order valence-electron chi connectivity index (χ2n) is 8.64. The summed E-state index contributed by atoms with van der Waals surface area (Å²) in [7, 11) is 1.48. The molecule has 3 heterocycles. The molecule has 2 fully saturated rings. The summed E-state index contributed by atoms with van der Waals surface area (Å²) in [6.07, 6.45) is -2.12. The first-order valence-electron chi connectivity index (χ1n) is 10.4. The number of rotatable bonds is 2. The van der Waals surface area contributed by atoms with Gasteiger partial charge in [-0.15, -0.1) is 0 Å². The van der Waals surface area contributed by atoms with Gasteiger partial charge in [-0.1, -0.05) is 0 Å². The number of phenolic OH excluding ortho intramolecular Hbond substituents is 1. The number of aromatic hydroxyl groups is 1. The molecule has 1 saturated heterocycles. The van der Waals surface area contributed by atoms with Gasteiger partial charge in [0.25, 0.3) is 0 Å². The third-order valence-electron chi connectivity index (χ3n) is 6.47. The van der Waals surface area contributed by atoms with Gasteiger partial charge in [-0.2, -0.15) is 23.3 Å². The zero-order valence-corrected chi connectivity index (χ0v) is 18.1. The Balaban J connectivity index is 1.59. The van der Waals surface area contributed by atoms with Crippen LogP contribution in [0, 0.1) is 11.6 Å². The van der Waals surface area contributed by atoms with E-state index in [0.29, 0.717) is 25.6 Å². The van der Waals surface area contributed by atoms with Crippen molar-refractivity contribution in [1.82, 2.24) is 24.6 Å². The van der Waals surface area contributed by atoms with E-state index < -0.39 is 34.7 Å². The molecule has 34 heavy (non-hydrogen) atoms. The van der Waals surface area contributed by atoms with Crippen LogP contribution < -0.4 is 4.90 Å². The van der Waals surface area contributed by atoms with Gasteiger partial charge >= 0.3 is 6.18 Å². The molecule has 13 heteroatoms. The van der Waals surface area contributed by atoms with Crippen molar-refractivity contribution in [3.8, 4) is 17.0 Å². The number of halogens is 5. The Labute approximate surface area is 189 Å². The fourth-order valence-corrected chi connectivity index (χ4v) is 4.49. The molecule has 1 aliphatic heterocycles. The smallest absolute Gasteiger partial charge is 0.419 e. The molecule has 5 rings (SSSR count). The van der Waals surface area contributed by atoms with E-state index in [-0.39, 0.29) is 34.2 Å². The summed E-state index contributed by atoms with van der Waals surface area (Å²) in [6, 6.07) is 0.278. The highest BCUT2D eigenvalue weighted by Crippen LogP contribution is 2.46. The highest BCUT2D eigenvalue weighted by molar-refractivity contribution is 5.92. The summed E-state index contributed by atoms with van der Waals surface area (Å²) in [5.41, 5.74) is -2.83. The minimum absolute atomic E-state index is 0.0126. The van der Waals surface area contributed by atoms with Gasteiger partial charge in [0.15, 0.2) is 23.0 Å². The SMILES string of the molecule is CC(=O)N1CCN(c2ncc3c(-c4cc(C(F)(F)F)c(F)c(O)c4F)nn(C)c3n2)C2(CC2)C1. The summed E-state index contributed by atoms with van der Waals surface area (Å²) < 4.78 is 69.5. The number of carbonyl (C=O) groups is 1. The fourth-order valence-electron chi connectivity index (χ4n) is 4.49. The number of nitrogens with zero attached hydrogens (tertiary/aromatic N) is 6. The maximum absolute atomic E-state index is 14.6. The van der Waals surface area contributed by atoms with Crippen molar-refractivity contribution in [1.29, 1.82) is 0 Å². The van der Waals surface area contributed by atoms with Crippen molar-refractivity contribution in [3.05, 3.63) is 29.5 Å². The number of phenols is 1. The normalized spacial score (nSPS) is 17.6. The van der Waals surface area contributed by atoms with Gasteiger partial charge in [0.05, 0.1) is 16.5 Å². The highest BCUT2D eigenvalue weighted by Gasteiger charge is 2.53. The molecule has 1 amide bonds. The van der Waals surface area contributed by atoms with Gasteiger partial charge in [-0.05, 0) is 18.9 Å². The Morgan fingerprint density at radius 2 is 1.88 bits per heavy atom. The predicted octanol–water partition coefficient (Wildman–Crippen LogP) is 3.23. The molecule has 1 saturated carbocycles. The lowest BCUT2D eigenvalue weighted by Crippen LogP contribution is -2.56. The predicted molar refractivity (Wildman–Crippen MR) is 110 cm³/mol. The van der Waals surface area contributed by atoms with E-state index in [9.17, 15) is 31.9 Å². The van der Waals surface area contributed by atoms with Gasteiger partial charge in [-0.3, -0.25) is 4.79 Å². The number of anilines is 1. The molecule has 1 N–H and O–H groups in total. The largest absolute Gasteiger partial charge is 0.503 e. The molecule has 180 valence electrons. The third kappa shape index (κ3) is 3.32. The van der Waals surface area contributed by atoms with Crippen LogP contribution in [0.2, 0.25) is 0 Å². The lowest BCUT2D eigenvalue weighted by atomic mass is 10.0. The quantitative estimate of drug-likeness (QED) is 0.565. The number of piperazine rings is 1. The first-order chi connectivity index (χ1) is 15.9. The Hall–Kier alpha value is -3.51. The van der Waals surface area contributed by atoms with Crippen LogP contribution in [0.25, 0.3) is 22.3 Å². The molecule has 1 spiro atoms. The van der Waals surface area contributed by atoms with Crippen molar-refractivity contribution in [2.75, 3.05) is 24.5 Å². The number of hydrogen-bond acceptors (Lipinski definition) is 6. The molecule has 0 radical (unpaired) electrons. The summed E-state index contributed by atoms with van der Waals surface area (Å²) in [5, 5.41) is 13.9. The minimum Gasteiger partial charge on any atom is -0.503 e. The van der Waals surface area contributed by atoms with E-state index in [2.05, 4.69) is 15.1 Å². The van der Waals surface area contributed by atoms with E-state index >= 15 is 0 Å². The first-order valence-corrected chi connectivity index (χ1v) is 10.4. The van der Waals surface area contributed by atoms with Gasteiger partial charge in [-0.25, -0.2) is 18.4 Å². The van der Waals surface area contributed by atoms with E-state index in [1.165, 1.54) is 24.9 Å². The molecular weight excluding hydrogens is 463 g/mol. The maximum Gasteiger partial charge on any atom is 0.419 e. The van der Waals surface area contributed by atoms with E-state index in [1.54, 1.807) is 4.90 Å². The molecule has 8 nitrogen and oxygen atoms in total. The van der Waals surface area contributed by atoms with Crippen molar-refractivity contribution >= 4 is 22.9 Å². The Kier molecular flexibility index (Phi) is 4.75. The molecule has 0 atom stereocenters. The summed E-state index contributed by atoms with van der Waals surface area (Å²) in [4.78, 5) is 24.4. The monoisotopic (exact) mass is 482 g/mol. The second-order valence-corrected chi connectivity index (χ2v) is 8.64. The number of alkyl halides is 3. The molecular formula is C21H19F5N6O2. The summed E-state index contributed by atoms with van der Waals surface area (Å²) in [6.45, 7) is 3.06. The lowest BCUT2D eigenvalue weighted by Gasteiger charge is -2.41. The van der Waals surface area contributed by atoms with Crippen LogP contribution in [0.5, 0.6) is 5.75 Å². The van der Waals surface area contributed by atoms with Crippen molar-refractivity contribution in [2.45, 2.75) is 31.5 Å². The van der Waals surface area contributed by atoms with Crippen LogP contribution in [0.1, 0.15) is 25.3 Å². The van der Waals surface area contributed by atoms with Crippen molar-refractivity contribution in [2.24, 2.45) is 7.05 Å². The number of aryl methyl sites for hydroxylation is 1. The van der Waals surface area contributed by atoms with E-state index in [1.807, 2.05) is 4.90 Å². The minimum atomic E-state index is -5.15. The van der Waals surface area contributed by atoms with Gasteiger partial charge in [0, 0.05) is 45.4 Å². The number of fused-ring (bicyclic) bond motifs is 1. The molecule has 0 bridgehead atoms. The Morgan fingerprint density at radius 1 is 1.18 bits per heavy atom. The molecule has 3 aromatic rings. The zero-order valence-electron chi connectivity index (χ0n) is 18.1. The lowest BCUT2D eigenvalue weighted by molar-refractivity contribution is -0.140. The molecule has 2 aromatic heterocycles. The Morgan fingerprint density at radius 3 is 2.50 bits per heavy atom. The van der Waals surface area contributed by atoms with Gasteiger partial charge < -0.3 is 14.9 Å². The van der Waals surface area contributed by atoms with Crippen molar-refractivity contribution < 1.29 is 31.9 Å². The maximum atomic E-state index is 14.6. The Bertz CT molecular complexity index is 1330. The van der Waals surface area contributed by atoms with Crippen LogP contribution in [0.15, 0.2) is 12.3 Å². The molecule has 2 aliphatic rings. The van der Waals surface area contributed by atoms with Crippen LogP contribution in [-0.4, -0.2) is 60.8 Å². The number of aromatic nitrogens is 4.